The molecule has 1 aliphatic rings. The van der Waals surface area contributed by atoms with E-state index in [1.807, 2.05) is 30.5 Å². The van der Waals surface area contributed by atoms with Crippen molar-refractivity contribution in [2.75, 3.05) is 40.0 Å². The first kappa shape index (κ1) is 16.0. The summed E-state index contributed by atoms with van der Waals surface area (Å²) in [7, 11) is 1.64. The number of likely N-dealkylation sites (tertiary alicyclic amines) is 1. The molecule has 0 amide bonds. The van der Waals surface area contributed by atoms with Crippen LogP contribution in [0.25, 0.3) is 10.8 Å². The Labute approximate surface area is 136 Å². The van der Waals surface area contributed by atoms with E-state index < -0.39 is 0 Å². The van der Waals surface area contributed by atoms with Crippen molar-refractivity contribution in [1.82, 2.24) is 9.47 Å². The molecule has 1 fully saturated rings. The van der Waals surface area contributed by atoms with Crippen molar-refractivity contribution in [3.63, 3.8) is 0 Å². The van der Waals surface area contributed by atoms with Crippen LogP contribution in [0, 0.1) is 0 Å². The number of benzene rings is 1. The molecule has 0 radical (unpaired) electrons. The van der Waals surface area contributed by atoms with Gasteiger partial charge in [-0.1, -0.05) is 6.07 Å². The molecular formula is C18H24N2O3. The number of pyridine rings is 1. The maximum absolute atomic E-state index is 12.5. The van der Waals surface area contributed by atoms with Gasteiger partial charge in [-0.3, -0.25) is 9.69 Å². The zero-order chi connectivity index (χ0) is 16.1. The topological polar surface area (TPSA) is 43.7 Å². The van der Waals surface area contributed by atoms with E-state index in [0.29, 0.717) is 25.1 Å². The summed E-state index contributed by atoms with van der Waals surface area (Å²) in [5, 5.41) is 1.58. The monoisotopic (exact) mass is 316 g/mol. The maximum Gasteiger partial charge on any atom is 0.258 e. The number of ether oxygens (including phenoxy) is 2. The largest absolute Gasteiger partial charge is 0.492 e. The Balaban J connectivity index is 1.75. The summed E-state index contributed by atoms with van der Waals surface area (Å²) in [6.45, 7) is 5.03. The van der Waals surface area contributed by atoms with Gasteiger partial charge in [0.15, 0.2) is 0 Å². The molecule has 1 aromatic carbocycles. The predicted octanol–water partition coefficient (Wildman–Crippen LogP) is 2.12. The zero-order valence-corrected chi connectivity index (χ0v) is 13.7. The molecule has 0 bridgehead atoms. The minimum absolute atomic E-state index is 0.00421. The number of fused-ring (bicyclic) bond motifs is 1. The SMILES string of the molecule is COCCn1ccc2c(OCCN3CCCC3)cccc2c1=O. The number of nitrogens with zero attached hydrogens (tertiary/aromatic N) is 2. The second-order valence-electron chi connectivity index (χ2n) is 5.92. The summed E-state index contributed by atoms with van der Waals surface area (Å²) in [5.41, 5.74) is 0.00421. The van der Waals surface area contributed by atoms with Crippen molar-refractivity contribution >= 4 is 10.8 Å². The first-order valence-corrected chi connectivity index (χ1v) is 8.26. The molecule has 5 nitrogen and oxygen atoms in total. The van der Waals surface area contributed by atoms with Gasteiger partial charge in [0.2, 0.25) is 0 Å². The normalized spacial score (nSPS) is 15.3. The quantitative estimate of drug-likeness (QED) is 0.785. The van der Waals surface area contributed by atoms with Crippen molar-refractivity contribution in [2.24, 2.45) is 0 Å². The molecular weight excluding hydrogens is 292 g/mol. The molecule has 0 N–H and O–H groups in total. The number of aromatic nitrogens is 1. The van der Waals surface area contributed by atoms with Crippen molar-refractivity contribution < 1.29 is 9.47 Å². The molecule has 3 rings (SSSR count). The van der Waals surface area contributed by atoms with Gasteiger partial charge in [-0.2, -0.15) is 0 Å². The lowest BCUT2D eigenvalue weighted by Gasteiger charge is -2.16. The molecule has 0 aliphatic carbocycles. The van der Waals surface area contributed by atoms with Crippen molar-refractivity contribution in [2.45, 2.75) is 19.4 Å². The van der Waals surface area contributed by atoms with Crippen LogP contribution in [0.15, 0.2) is 35.3 Å². The summed E-state index contributed by atoms with van der Waals surface area (Å²) in [6, 6.07) is 7.63. The van der Waals surface area contributed by atoms with Crippen molar-refractivity contribution in [3.8, 4) is 5.75 Å². The fourth-order valence-corrected chi connectivity index (χ4v) is 3.07. The van der Waals surface area contributed by atoms with Crippen molar-refractivity contribution in [3.05, 3.63) is 40.8 Å². The highest BCUT2D eigenvalue weighted by molar-refractivity contribution is 5.87. The number of hydrogen-bond acceptors (Lipinski definition) is 4. The van der Waals surface area contributed by atoms with Crippen LogP contribution in [0.1, 0.15) is 12.8 Å². The Morgan fingerprint density at radius 1 is 1.04 bits per heavy atom. The molecule has 1 aromatic heterocycles. The van der Waals surface area contributed by atoms with Crippen LogP contribution in [0.3, 0.4) is 0 Å². The molecule has 2 heterocycles. The Kier molecular flexibility index (Phi) is 5.31. The maximum atomic E-state index is 12.5. The minimum Gasteiger partial charge on any atom is -0.492 e. The van der Waals surface area contributed by atoms with Gasteiger partial charge in [0.1, 0.15) is 12.4 Å². The second kappa shape index (κ2) is 7.62. The van der Waals surface area contributed by atoms with Crippen LogP contribution < -0.4 is 10.3 Å². The third-order valence-electron chi connectivity index (χ3n) is 4.38. The standard InChI is InChI=1S/C18H24N2O3/c1-22-13-12-20-10-7-15-16(18(20)21)5-4-6-17(15)23-14-11-19-8-2-3-9-19/h4-7,10H,2-3,8-9,11-14H2,1H3. The van der Waals surface area contributed by atoms with E-state index in [2.05, 4.69) is 4.90 Å². The van der Waals surface area contributed by atoms with Gasteiger partial charge in [0, 0.05) is 31.8 Å². The fraction of sp³-hybridized carbons (Fsp3) is 0.500. The molecule has 1 saturated heterocycles. The van der Waals surface area contributed by atoms with Gasteiger partial charge in [0.05, 0.1) is 12.0 Å². The lowest BCUT2D eigenvalue weighted by Crippen LogP contribution is -2.25. The summed E-state index contributed by atoms with van der Waals surface area (Å²) in [6.07, 6.45) is 4.39. The van der Waals surface area contributed by atoms with Crippen LogP contribution in [-0.2, 0) is 11.3 Å². The molecule has 124 valence electrons. The van der Waals surface area contributed by atoms with E-state index >= 15 is 0 Å². The van der Waals surface area contributed by atoms with Gasteiger partial charge in [-0.15, -0.1) is 0 Å². The van der Waals surface area contributed by atoms with Gasteiger partial charge in [-0.25, -0.2) is 0 Å². The molecule has 5 heteroatoms. The van der Waals surface area contributed by atoms with Gasteiger partial charge in [-0.05, 0) is 44.1 Å². The Bertz CT molecular complexity index is 705. The van der Waals surface area contributed by atoms with E-state index in [-0.39, 0.29) is 5.56 Å². The highest BCUT2D eigenvalue weighted by Crippen LogP contribution is 2.23. The molecule has 0 saturated carbocycles. The van der Waals surface area contributed by atoms with E-state index in [9.17, 15) is 4.79 Å². The van der Waals surface area contributed by atoms with Crippen LogP contribution >= 0.6 is 0 Å². The zero-order valence-electron chi connectivity index (χ0n) is 13.7. The van der Waals surface area contributed by atoms with E-state index in [0.717, 1.165) is 17.7 Å². The summed E-state index contributed by atoms with van der Waals surface area (Å²) in [5.74, 6) is 0.790. The Hall–Kier alpha value is -1.85. The summed E-state index contributed by atoms with van der Waals surface area (Å²) >= 11 is 0. The van der Waals surface area contributed by atoms with Gasteiger partial charge < -0.3 is 14.0 Å². The summed E-state index contributed by atoms with van der Waals surface area (Å²) < 4.78 is 12.7. The van der Waals surface area contributed by atoms with Crippen molar-refractivity contribution in [1.29, 1.82) is 0 Å². The molecule has 0 unspecified atom stereocenters. The second-order valence-corrected chi connectivity index (χ2v) is 5.92. The number of hydrogen-bond donors (Lipinski definition) is 0. The van der Waals surface area contributed by atoms with Crippen LogP contribution in [0.4, 0.5) is 0 Å². The molecule has 23 heavy (non-hydrogen) atoms. The van der Waals surface area contributed by atoms with Gasteiger partial charge >= 0.3 is 0 Å². The first-order chi connectivity index (χ1) is 11.3. The number of rotatable bonds is 7. The third-order valence-corrected chi connectivity index (χ3v) is 4.38. The van der Waals surface area contributed by atoms with E-state index in [1.165, 1.54) is 25.9 Å². The predicted molar refractivity (Wildman–Crippen MR) is 91.3 cm³/mol. The lowest BCUT2D eigenvalue weighted by atomic mass is 10.1. The lowest BCUT2D eigenvalue weighted by molar-refractivity contribution is 0.186. The third kappa shape index (κ3) is 3.74. The highest BCUT2D eigenvalue weighted by Gasteiger charge is 2.12. The smallest absolute Gasteiger partial charge is 0.258 e. The fourth-order valence-electron chi connectivity index (χ4n) is 3.07. The average Bonchev–Trinajstić information content (AvgIpc) is 3.08. The number of methoxy groups -OCH3 is 1. The van der Waals surface area contributed by atoms with Crippen LogP contribution in [0.5, 0.6) is 5.75 Å². The summed E-state index contributed by atoms with van der Waals surface area (Å²) in [4.78, 5) is 14.9. The molecule has 0 spiro atoms. The first-order valence-electron chi connectivity index (χ1n) is 8.26. The van der Waals surface area contributed by atoms with Crippen LogP contribution in [0.2, 0.25) is 0 Å². The highest BCUT2D eigenvalue weighted by atomic mass is 16.5. The Morgan fingerprint density at radius 3 is 2.65 bits per heavy atom. The van der Waals surface area contributed by atoms with Crippen LogP contribution in [-0.4, -0.2) is 49.4 Å². The molecule has 0 atom stereocenters. The average molecular weight is 316 g/mol. The Morgan fingerprint density at radius 2 is 1.87 bits per heavy atom. The van der Waals surface area contributed by atoms with E-state index in [4.69, 9.17) is 9.47 Å². The minimum atomic E-state index is 0.00421. The molecule has 1 aliphatic heterocycles. The molecule has 2 aromatic rings. The van der Waals surface area contributed by atoms with E-state index in [1.54, 1.807) is 11.7 Å². The van der Waals surface area contributed by atoms with Gasteiger partial charge in [0.25, 0.3) is 5.56 Å².